The van der Waals surface area contributed by atoms with E-state index in [1.165, 1.54) is 17.7 Å². The van der Waals surface area contributed by atoms with Crippen LogP contribution in [0.25, 0.3) is 5.65 Å². The van der Waals surface area contributed by atoms with Gasteiger partial charge in [0.05, 0.1) is 19.0 Å². The van der Waals surface area contributed by atoms with Gasteiger partial charge in [0.15, 0.2) is 5.65 Å². The lowest BCUT2D eigenvalue weighted by molar-refractivity contribution is 0.0949. The molecule has 3 aromatic heterocycles. The van der Waals surface area contributed by atoms with Crippen molar-refractivity contribution >= 4 is 11.6 Å². The van der Waals surface area contributed by atoms with Crippen molar-refractivity contribution in [2.45, 2.75) is 32.2 Å². The van der Waals surface area contributed by atoms with E-state index in [0.29, 0.717) is 17.8 Å². The third-order valence-corrected chi connectivity index (χ3v) is 4.07. The third kappa shape index (κ3) is 2.16. The van der Waals surface area contributed by atoms with Crippen molar-refractivity contribution in [2.24, 2.45) is 0 Å². The second-order valence-electron chi connectivity index (χ2n) is 5.49. The molecule has 0 unspecified atom stereocenters. The van der Waals surface area contributed by atoms with Gasteiger partial charge in [-0.25, -0.2) is 9.50 Å². The molecule has 0 saturated carbocycles. The number of fused-ring (bicyclic) bond motifs is 3. The maximum Gasteiger partial charge on any atom is 0.257 e. The molecule has 0 aliphatic heterocycles. The highest BCUT2D eigenvalue weighted by Gasteiger charge is 2.19. The third-order valence-electron chi connectivity index (χ3n) is 4.07. The van der Waals surface area contributed by atoms with E-state index in [4.69, 9.17) is 4.42 Å². The summed E-state index contributed by atoms with van der Waals surface area (Å²) in [6.45, 7) is 0.355. The van der Waals surface area contributed by atoms with Gasteiger partial charge in [-0.15, -0.1) is 0 Å². The predicted molar refractivity (Wildman–Crippen MR) is 79.5 cm³/mol. The van der Waals surface area contributed by atoms with Crippen molar-refractivity contribution in [3.63, 3.8) is 0 Å². The van der Waals surface area contributed by atoms with Crippen LogP contribution < -0.4 is 5.32 Å². The molecule has 0 atom stereocenters. The van der Waals surface area contributed by atoms with Crippen molar-refractivity contribution in [2.75, 3.05) is 0 Å². The highest BCUT2D eigenvalue weighted by Crippen LogP contribution is 2.22. The van der Waals surface area contributed by atoms with Crippen LogP contribution in [-0.4, -0.2) is 20.5 Å². The number of aromatic nitrogens is 3. The summed E-state index contributed by atoms with van der Waals surface area (Å²) in [4.78, 5) is 16.8. The van der Waals surface area contributed by atoms with Crippen LogP contribution in [0.4, 0.5) is 0 Å². The zero-order chi connectivity index (χ0) is 14.9. The quantitative estimate of drug-likeness (QED) is 0.803. The summed E-state index contributed by atoms with van der Waals surface area (Å²) >= 11 is 0. The van der Waals surface area contributed by atoms with E-state index < -0.39 is 0 Å². The lowest BCUT2D eigenvalue weighted by Gasteiger charge is -2.15. The zero-order valence-electron chi connectivity index (χ0n) is 12.1. The summed E-state index contributed by atoms with van der Waals surface area (Å²) in [7, 11) is 0. The van der Waals surface area contributed by atoms with Gasteiger partial charge < -0.3 is 9.73 Å². The van der Waals surface area contributed by atoms with Gasteiger partial charge >= 0.3 is 0 Å². The van der Waals surface area contributed by atoms with Crippen molar-refractivity contribution in [1.29, 1.82) is 0 Å². The van der Waals surface area contributed by atoms with E-state index in [1.807, 2.05) is 16.8 Å². The Hall–Kier alpha value is -2.63. The minimum Gasteiger partial charge on any atom is -0.467 e. The molecule has 0 aromatic carbocycles. The van der Waals surface area contributed by atoms with Gasteiger partial charge in [-0.3, -0.25) is 4.79 Å². The van der Waals surface area contributed by atoms with Crippen molar-refractivity contribution in [3.8, 4) is 0 Å². The Kier molecular flexibility index (Phi) is 3.14. The summed E-state index contributed by atoms with van der Waals surface area (Å²) in [6.07, 6.45) is 9.44. The number of carbonyl (C=O) groups is 1. The zero-order valence-corrected chi connectivity index (χ0v) is 12.1. The first-order chi connectivity index (χ1) is 10.8. The fraction of sp³-hybridized carbons (Fsp3) is 0.312. The fourth-order valence-electron chi connectivity index (χ4n) is 2.93. The van der Waals surface area contributed by atoms with E-state index in [9.17, 15) is 4.79 Å². The molecule has 6 nitrogen and oxygen atoms in total. The van der Waals surface area contributed by atoms with Gasteiger partial charge in [-0.05, 0) is 43.4 Å². The Labute approximate surface area is 127 Å². The molecule has 3 aromatic rings. The molecule has 1 amide bonds. The average molecular weight is 296 g/mol. The van der Waals surface area contributed by atoms with E-state index in [1.54, 1.807) is 18.5 Å². The first-order valence-corrected chi connectivity index (χ1v) is 7.48. The Balaban J connectivity index is 1.63. The first kappa shape index (κ1) is 13.1. The molecule has 0 fully saturated rings. The second-order valence-corrected chi connectivity index (χ2v) is 5.49. The number of hydrogen-bond donors (Lipinski definition) is 1. The summed E-state index contributed by atoms with van der Waals surface area (Å²) in [5.74, 6) is 0.532. The second kappa shape index (κ2) is 5.29. The molecule has 1 aliphatic rings. The minimum atomic E-state index is -0.186. The molecule has 0 radical (unpaired) electrons. The molecule has 112 valence electrons. The Morgan fingerprint density at radius 2 is 2.23 bits per heavy atom. The van der Waals surface area contributed by atoms with Crippen LogP contribution in [-0.2, 0) is 19.4 Å². The number of amides is 1. The number of furan rings is 1. The summed E-state index contributed by atoms with van der Waals surface area (Å²) < 4.78 is 7.03. The van der Waals surface area contributed by atoms with Crippen LogP contribution in [0.2, 0.25) is 0 Å². The predicted octanol–water partition coefficient (Wildman–Crippen LogP) is 2.13. The van der Waals surface area contributed by atoms with Gasteiger partial charge in [0.2, 0.25) is 0 Å². The van der Waals surface area contributed by atoms with Crippen molar-refractivity contribution < 1.29 is 9.21 Å². The monoisotopic (exact) mass is 296 g/mol. The van der Waals surface area contributed by atoms with Gasteiger partial charge in [-0.1, -0.05) is 0 Å². The molecule has 0 spiro atoms. The average Bonchev–Trinajstić information content (AvgIpc) is 3.22. The van der Waals surface area contributed by atoms with Crippen LogP contribution in [0, 0.1) is 0 Å². The normalized spacial score (nSPS) is 14.0. The van der Waals surface area contributed by atoms with Gasteiger partial charge in [0, 0.05) is 11.9 Å². The molecule has 1 N–H and O–H groups in total. The maximum atomic E-state index is 12.3. The first-order valence-electron chi connectivity index (χ1n) is 7.48. The van der Waals surface area contributed by atoms with Gasteiger partial charge in [0.25, 0.3) is 5.91 Å². The molecule has 0 saturated heterocycles. The van der Waals surface area contributed by atoms with Crippen LogP contribution in [0.1, 0.15) is 40.2 Å². The largest absolute Gasteiger partial charge is 0.467 e. The molecule has 22 heavy (non-hydrogen) atoms. The lowest BCUT2D eigenvalue weighted by atomic mass is 9.97. The number of nitrogens with zero attached hydrogens (tertiary/aromatic N) is 3. The molecule has 6 heteroatoms. The Bertz CT molecular complexity index is 820. The Morgan fingerprint density at radius 3 is 3.09 bits per heavy atom. The summed E-state index contributed by atoms with van der Waals surface area (Å²) in [5.41, 5.74) is 3.54. The molecular weight excluding hydrogens is 280 g/mol. The fourth-order valence-corrected chi connectivity index (χ4v) is 2.93. The van der Waals surface area contributed by atoms with Crippen molar-refractivity contribution in [3.05, 3.63) is 53.4 Å². The lowest BCUT2D eigenvalue weighted by Crippen LogP contribution is -2.22. The van der Waals surface area contributed by atoms with Gasteiger partial charge in [-0.2, -0.15) is 5.10 Å². The topological polar surface area (TPSA) is 72.4 Å². The smallest absolute Gasteiger partial charge is 0.257 e. The number of nitrogens with one attached hydrogen (secondary N) is 1. The van der Waals surface area contributed by atoms with E-state index >= 15 is 0 Å². The minimum absolute atomic E-state index is 0.186. The van der Waals surface area contributed by atoms with Crippen LogP contribution >= 0.6 is 0 Å². The summed E-state index contributed by atoms with van der Waals surface area (Å²) in [6, 6.07) is 3.62. The van der Waals surface area contributed by atoms with Crippen molar-refractivity contribution in [1.82, 2.24) is 19.9 Å². The molecule has 4 rings (SSSR count). The molecular formula is C16H16N4O2. The van der Waals surface area contributed by atoms with Crippen LogP contribution in [0.3, 0.4) is 0 Å². The number of hydrogen-bond acceptors (Lipinski definition) is 4. The number of carbonyl (C=O) groups excluding carboxylic acids is 1. The molecule has 0 bridgehead atoms. The molecule has 3 heterocycles. The summed E-state index contributed by atoms with van der Waals surface area (Å²) in [5, 5.41) is 7.20. The Morgan fingerprint density at radius 1 is 1.32 bits per heavy atom. The van der Waals surface area contributed by atoms with E-state index in [-0.39, 0.29) is 5.91 Å². The van der Waals surface area contributed by atoms with Gasteiger partial charge in [0.1, 0.15) is 11.3 Å². The van der Waals surface area contributed by atoms with E-state index in [0.717, 1.165) is 25.0 Å². The number of rotatable bonds is 3. The van der Waals surface area contributed by atoms with E-state index in [2.05, 4.69) is 15.4 Å². The van der Waals surface area contributed by atoms with Crippen LogP contribution in [0.5, 0.6) is 0 Å². The van der Waals surface area contributed by atoms with Crippen LogP contribution in [0.15, 0.2) is 35.2 Å². The SMILES string of the molecule is O=C(NCc1ccco1)c1cnn2c3c(cnc12)CCCC3. The molecule has 1 aliphatic carbocycles. The standard InChI is InChI=1S/C16H16N4O2/c21-16(18-9-12-5-3-7-22-12)13-10-19-20-14-6-2-1-4-11(14)8-17-15(13)20/h3,5,7-8,10H,1-2,4,6,9H2,(H,18,21). The number of aryl methyl sites for hydroxylation is 2. The highest BCUT2D eigenvalue weighted by molar-refractivity contribution is 5.99. The highest BCUT2D eigenvalue weighted by atomic mass is 16.3. The maximum absolute atomic E-state index is 12.3.